The Morgan fingerprint density at radius 2 is 1.89 bits per heavy atom. The molecule has 3 rings (SSSR count). The maximum absolute atomic E-state index is 14.9. The highest BCUT2D eigenvalue weighted by Crippen LogP contribution is 2.37. The number of nitrogens with zero attached hydrogens (tertiary/aromatic N) is 1. The molecule has 2 N–H and O–H groups in total. The predicted molar refractivity (Wildman–Crippen MR) is 136 cm³/mol. The minimum atomic E-state index is -0.925. The summed E-state index contributed by atoms with van der Waals surface area (Å²) in [6.07, 6.45) is -0.725. The molecule has 0 aromatic heterocycles. The summed E-state index contributed by atoms with van der Waals surface area (Å²) in [6.45, 7) is 8.87. The van der Waals surface area contributed by atoms with Gasteiger partial charge < -0.3 is 20.3 Å². The quantitative estimate of drug-likeness (QED) is 0.568. The lowest BCUT2D eigenvalue weighted by atomic mass is 10.1. The van der Waals surface area contributed by atoms with E-state index >= 15 is 0 Å². The third-order valence-electron chi connectivity index (χ3n) is 4.92. The van der Waals surface area contributed by atoms with Crippen LogP contribution in [0.3, 0.4) is 0 Å². The smallest absolute Gasteiger partial charge is 0.408 e. The van der Waals surface area contributed by atoms with E-state index in [1.165, 1.54) is 28.8 Å². The maximum atomic E-state index is 14.9. The normalized spacial score (nSPS) is 15.9. The molecule has 7 nitrogen and oxygen atoms in total. The highest BCUT2D eigenvalue weighted by Gasteiger charge is 2.34. The van der Waals surface area contributed by atoms with Gasteiger partial charge >= 0.3 is 6.09 Å². The summed E-state index contributed by atoms with van der Waals surface area (Å²) in [4.78, 5) is 40.6. The Balaban J connectivity index is 2.01. The third kappa shape index (κ3) is 7.11. The Bertz CT molecular complexity index is 1120. The number of carbonyl (C=O) groups is 3. The molecule has 0 aliphatic carbocycles. The number of amides is 3. The molecule has 188 valence electrons. The summed E-state index contributed by atoms with van der Waals surface area (Å²) in [5.74, 6) is -1.50. The molecule has 1 aliphatic rings. The van der Waals surface area contributed by atoms with Gasteiger partial charge in [0.1, 0.15) is 17.5 Å². The molecule has 1 atom stereocenters. The van der Waals surface area contributed by atoms with E-state index < -0.39 is 35.4 Å². The fourth-order valence-corrected chi connectivity index (χ4v) is 4.63. The van der Waals surface area contributed by atoms with Crippen molar-refractivity contribution in [3.05, 3.63) is 58.4 Å². The van der Waals surface area contributed by atoms with Crippen LogP contribution in [0.1, 0.15) is 50.5 Å². The first kappa shape index (κ1) is 26.8. The zero-order chi connectivity index (χ0) is 25.9. The Hall–Kier alpha value is -2.78. The second-order valence-electron chi connectivity index (χ2n) is 9.49. The van der Waals surface area contributed by atoms with Crippen molar-refractivity contribution in [1.82, 2.24) is 10.6 Å². The first-order valence-electron chi connectivity index (χ1n) is 11.2. The van der Waals surface area contributed by atoms with Crippen LogP contribution >= 0.6 is 23.4 Å². The molecule has 2 aromatic carbocycles. The van der Waals surface area contributed by atoms with Gasteiger partial charge in [-0.3, -0.25) is 9.59 Å². The number of hydrogen-bond donors (Lipinski definition) is 2. The fourth-order valence-electron chi connectivity index (χ4n) is 3.42. The zero-order valence-electron chi connectivity index (χ0n) is 20.3. The van der Waals surface area contributed by atoms with Crippen LogP contribution in [0.5, 0.6) is 0 Å². The average molecular weight is 522 g/mol. The first-order chi connectivity index (χ1) is 16.3. The molecular formula is C25H29ClFN3O4S. The van der Waals surface area contributed by atoms with E-state index in [0.29, 0.717) is 15.6 Å². The van der Waals surface area contributed by atoms with Gasteiger partial charge in [0, 0.05) is 21.7 Å². The van der Waals surface area contributed by atoms with Gasteiger partial charge in [-0.25, -0.2) is 9.18 Å². The minimum absolute atomic E-state index is 0.132. The summed E-state index contributed by atoms with van der Waals surface area (Å²) in [5, 5.41) is 5.87. The van der Waals surface area contributed by atoms with Crippen molar-refractivity contribution in [2.45, 2.75) is 63.7 Å². The van der Waals surface area contributed by atoms with Gasteiger partial charge in [-0.1, -0.05) is 23.7 Å². The molecule has 3 amide bonds. The van der Waals surface area contributed by atoms with Crippen LogP contribution in [0.15, 0.2) is 41.3 Å². The molecule has 1 heterocycles. The van der Waals surface area contributed by atoms with Crippen molar-refractivity contribution in [2.24, 2.45) is 0 Å². The van der Waals surface area contributed by atoms with Crippen molar-refractivity contribution < 1.29 is 23.5 Å². The van der Waals surface area contributed by atoms with Crippen LogP contribution in [0, 0.1) is 5.82 Å². The van der Waals surface area contributed by atoms with E-state index in [1.54, 1.807) is 58.9 Å². The molecule has 0 saturated carbocycles. The van der Waals surface area contributed by atoms with Crippen molar-refractivity contribution in [1.29, 1.82) is 0 Å². The Labute approximate surface area is 213 Å². The standard InChI is InChI=1S/C25H29ClFN3O4S/c1-14(2)28-22(31)17-10-20-21(11-18(17)27)35-13-19(29-24(33)34-25(3,4)5)23(32)30(20)12-15-6-8-16(26)9-7-15/h6-11,14,19H,12-13H2,1-5H3,(H,28,31)(H,29,33)/t19-/m0/s1. The van der Waals surface area contributed by atoms with Crippen LogP contribution in [0.25, 0.3) is 0 Å². The van der Waals surface area contributed by atoms with Crippen molar-refractivity contribution in [2.75, 3.05) is 10.7 Å². The molecule has 2 aromatic rings. The topological polar surface area (TPSA) is 87.7 Å². The predicted octanol–water partition coefficient (Wildman–Crippen LogP) is 5.15. The maximum Gasteiger partial charge on any atom is 0.408 e. The van der Waals surface area contributed by atoms with Crippen molar-refractivity contribution >= 4 is 47.0 Å². The lowest BCUT2D eigenvalue weighted by molar-refractivity contribution is -0.120. The number of benzene rings is 2. The van der Waals surface area contributed by atoms with E-state index in [-0.39, 0.29) is 23.9 Å². The van der Waals surface area contributed by atoms with Crippen LogP contribution in [0.2, 0.25) is 5.02 Å². The molecule has 35 heavy (non-hydrogen) atoms. The van der Waals surface area contributed by atoms with E-state index in [1.807, 2.05) is 0 Å². The zero-order valence-corrected chi connectivity index (χ0v) is 21.8. The van der Waals surface area contributed by atoms with E-state index in [0.717, 1.165) is 5.56 Å². The highest BCUT2D eigenvalue weighted by molar-refractivity contribution is 7.99. The number of carbonyl (C=O) groups excluding carboxylic acids is 3. The Kier molecular flexibility index (Phi) is 8.33. The minimum Gasteiger partial charge on any atom is -0.444 e. The monoisotopic (exact) mass is 521 g/mol. The summed E-state index contributed by atoms with van der Waals surface area (Å²) in [6, 6.07) is 8.50. The van der Waals surface area contributed by atoms with Gasteiger partial charge in [0.05, 0.1) is 17.8 Å². The number of rotatable bonds is 5. The second kappa shape index (κ2) is 10.9. The Morgan fingerprint density at radius 1 is 1.23 bits per heavy atom. The molecule has 0 fully saturated rings. The number of nitrogens with one attached hydrogen (secondary N) is 2. The highest BCUT2D eigenvalue weighted by atomic mass is 35.5. The van der Waals surface area contributed by atoms with Gasteiger partial charge in [0.25, 0.3) is 11.8 Å². The van der Waals surface area contributed by atoms with Crippen molar-refractivity contribution in [3.63, 3.8) is 0 Å². The lowest BCUT2D eigenvalue weighted by Crippen LogP contribution is -2.50. The van der Waals surface area contributed by atoms with Gasteiger partial charge in [0.2, 0.25) is 0 Å². The number of ether oxygens (including phenoxy) is 1. The number of halogens is 2. The summed E-state index contributed by atoms with van der Waals surface area (Å²) >= 11 is 7.23. The molecule has 1 aliphatic heterocycles. The first-order valence-corrected chi connectivity index (χ1v) is 12.5. The van der Waals surface area contributed by atoms with E-state index in [9.17, 15) is 18.8 Å². The number of thioether (sulfide) groups is 1. The number of hydrogen-bond acceptors (Lipinski definition) is 5. The van der Waals surface area contributed by atoms with Crippen LogP contribution in [0.4, 0.5) is 14.9 Å². The molecule has 0 unspecified atom stereocenters. The molecule has 0 radical (unpaired) electrons. The largest absolute Gasteiger partial charge is 0.444 e. The summed E-state index contributed by atoms with van der Waals surface area (Å²) in [5.41, 5.74) is 0.261. The van der Waals surface area contributed by atoms with E-state index in [2.05, 4.69) is 10.6 Å². The van der Waals surface area contributed by atoms with Crippen LogP contribution < -0.4 is 15.5 Å². The van der Waals surface area contributed by atoms with Crippen molar-refractivity contribution in [3.8, 4) is 0 Å². The van der Waals surface area contributed by atoms with Gasteiger partial charge in [-0.05, 0) is 64.4 Å². The molecule has 0 saturated heterocycles. The summed E-state index contributed by atoms with van der Waals surface area (Å²) in [7, 11) is 0. The Morgan fingerprint density at radius 3 is 2.49 bits per heavy atom. The van der Waals surface area contributed by atoms with Gasteiger partial charge in [-0.15, -0.1) is 11.8 Å². The number of anilines is 1. The van der Waals surface area contributed by atoms with Gasteiger partial charge in [0.15, 0.2) is 0 Å². The lowest BCUT2D eigenvalue weighted by Gasteiger charge is -2.27. The average Bonchev–Trinajstić information content (AvgIpc) is 2.85. The van der Waals surface area contributed by atoms with Gasteiger partial charge in [-0.2, -0.15) is 0 Å². The molecule has 0 spiro atoms. The molecular weight excluding hydrogens is 493 g/mol. The van der Waals surface area contributed by atoms with Crippen LogP contribution in [-0.4, -0.2) is 41.3 Å². The second-order valence-corrected chi connectivity index (χ2v) is 11.0. The fraction of sp³-hybridized carbons (Fsp3) is 0.400. The third-order valence-corrected chi connectivity index (χ3v) is 6.31. The molecule has 0 bridgehead atoms. The summed E-state index contributed by atoms with van der Waals surface area (Å²) < 4.78 is 20.2. The number of alkyl carbamates (subject to hydrolysis) is 1. The van der Waals surface area contributed by atoms with Crippen LogP contribution in [-0.2, 0) is 16.1 Å². The molecule has 10 heteroatoms. The van der Waals surface area contributed by atoms with E-state index in [4.69, 9.17) is 16.3 Å². The SMILES string of the molecule is CC(C)NC(=O)c1cc2c(cc1F)SC[C@H](NC(=O)OC(C)(C)C)C(=O)N2Cc1ccc(Cl)cc1. The number of fused-ring (bicyclic) bond motifs is 1.